The van der Waals surface area contributed by atoms with Gasteiger partial charge in [0.1, 0.15) is 0 Å². The second kappa shape index (κ2) is 4.93. The summed E-state index contributed by atoms with van der Waals surface area (Å²) < 4.78 is 0. The Bertz CT molecular complexity index is 303. The van der Waals surface area contributed by atoms with Crippen LogP contribution in [0.1, 0.15) is 23.2 Å². The maximum atomic E-state index is 11.6. The number of aromatic nitrogens is 2. The number of nitrogens with zero attached hydrogens (tertiary/aromatic N) is 1. The second-order valence-electron chi connectivity index (χ2n) is 3.89. The molecule has 0 saturated carbocycles. The minimum atomic E-state index is -0.0396. The summed E-state index contributed by atoms with van der Waals surface area (Å²) in [5.41, 5.74) is 0.601. The van der Waals surface area contributed by atoms with Crippen molar-refractivity contribution in [1.82, 2.24) is 20.8 Å². The Labute approximate surface area is 88.6 Å². The van der Waals surface area contributed by atoms with Gasteiger partial charge in [-0.2, -0.15) is 5.10 Å². The van der Waals surface area contributed by atoms with Gasteiger partial charge in [-0.1, -0.05) is 0 Å². The molecule has 0 aliphatic carbocycles. The minimum Gasteiger partial charge on any atom is -0.352 e. The number of piperidine rings is 1. The molecule has 0 radical (unpaired) electrons. The first kappa shape index (κ1) is 10.2. The summed E-state index contributed by atoms with van der Waals surface area (Å²) in [6, 6.07) is 0. The van der Waals surface area contributed by atoms with Crippen molar-refractivity contribution in [3.8, 4) is 0 Å². The highest BCUT2D eigenvalue weighted by molar-refractivity contribution is 5.93. The van der Waals surface area contributed by atoms with Crippen LogP contribution in [0.4, 0.5) is 0 Å². The number of hydrogen-bond donors (Lipinski definition) is 3. The number of amides is 1. The molecule has 1 fully saturated rings. The molecule has 1 aliphatic heterocycles. The topological polar surface area (TPSA) is 69.8 Å². The van der Waals surface area contributed by atoms with Gasteiger partial charge in [-0.3, -0.25) is 9.89 Å². The number of carbonyl (C=O) groups excluding carboxylic acids is 1. The molecule has 15 heavy (non-hydrogen) atoms. The standard InChI is InChI=1S/C10H16N4O/c15-10(9-6-13-14-7-9)12-5-8-1-3-11-4-2-8/h6-8,11H,1-5H2,(H,12,15)(H,13,14). The van der Waals surface area contributed by atoms with Crippen molar-refractivity contribution >= 4 is 5.91 Å². The number of aromatic amines is 1. The molecule has 0 atom stereocenters. The van der Waals surface area contributed by atoms with Gasteiger partial charge in [0.25, 0.3) is 5.91 Å². The maximum Gasteiger partial charge on any atom is 0.254 e. The van der Waals surface area contributed by atoms with Gasteiger partial charge in [-0.15, -0.1) is 0 Å². The number of hydrogen-bond acceptors (Lipinski definition) is 3. The largest absolute Gasteiger partial charge is 0.352 e. The molecule has 0 bridgehead atoms. The fourth-order valence-corrected chi connectivity index (χ4v) is 1.80. The number of carbonyl (C=O) groups is 1. The third-order valence-electron chi connectivity index (χ3n) is 2.77. The van der Waals surface area contributed by atoms with Crippen molar-refractivity contribution in [3.05, 3.63) is 18.0 Å². The highest BCUT2D eigenvalue weighted by atomic mass is 16.1. The monoisotopic (exact) mass is 208 g/mol. The minimum absolute atomic E-state index is 0.0396. The fourth-order valence-electron chi connectivity index (χ4n) is 1.80. The van der Waals surface area contributed by atoms with E-state index in [1.807, 2.05) is 0 Å². The van der Waals surface area contributed by atoms with Crippen LogP contribution in [0, 0.1) is 5.92 Å². The van der Waals surface area contributed by atoms with Crippen molar-refractivity contribution in [1.29, 1.82) is 0 Å². The number of nitrogens with one attached hydrogen (secondary N) is 3. The molecule has 1 saturated heterocycles. The van der Waals surface area contributed by atoms with E-state index >= 15 is 0 Å². The Balaban J connectivity index is 1.75. The van der Waals surface area contributed by atoms with Crippen LogP contribution in [-0.2, 0) is 0 Å². The van der Waals surface area contributed by atoms with E-state index in [0.717, 1.165) is 32.5 Å². The van der Waals surface area contributed by atoms with E-state index in [1.54, 1.807) is 6.20 Å². The number of H-pyrrole nitrogens is 1. The van der Waals surface area contributed by atoms with E-state index in [-0.39, 0.29) is 5.91 Å². The third kappa shape index (κ3) is 2.79. The first-order valence-corrected chi connectivity index (χ1v) is 5.34. The SMILES string of the molecule is O=C(NCC1CCNCC1)c1cn[nH]c1. The molecule has 5 nitrogen and oxygen atoms in total. The molecule has 2 heterocycles. The van der Waals surface area contributed by atoms with Crippen molar-refractivity contribution in [2.45, 2.75) is 12.8 Å². The van der Waals surface area contributed by atoms with Crippen LogP contribution in [0.25, 0.3) is 0 Å². The third-order valence-corrected chi connectivity index (χ3v) is 2.77. The smallest absolute Gasteiger partial charge is 0.254 e. The van der Waals surface area contributed by atoms with E-state index in [2.05, 4.69) is 20.8 Å². The van der Waals surface area contributed by atoms with Crippen molar-refractivity contribution in [3.63, 3.8) is 0 Å². The highest BCUT2D eigenvalue weighted by Gasteiger charge is 2.14. The van der Waals surface area contributed by atoms with E-state index in [9.17, 15) is 4.79 Å². The first-order valence-electron chi connectivity index (χ1n) is 5.34. The van der Waals surface area contributed by atoms with Crippen LogP contribution in [0.5, 0.6) is 0 Å². The van der Waals surface area contributed by atoms with Crippen molar-refractivity contribution < 1.29 is 4.79 Å². The average molecular weight is 208 g/mol. The molecule has 0 spiro atoms. The average Bonchev–Trinajstić information content (AvgIpc) is 2.81. The van der Waals surface area contributed by atoms with Gasteiger partial charge in [0, 0.05) is 12.7 Å². The molecular weight excluding hydrogens is 192 g/mol. The normalized spacial score (nSPS) is 17.6. The lowest BCUT2D eigenvalue weighted by molar-refractivity contribution is 0.0944. The summed E-state index contributed by atoms with van der Waals surface area (Å²) in [5.74, 6) is 0.574. The van der Waals surface area contributed by atoms with Gasteiger partial charge in [-0.25, -0.2) is 0 Å². The Morgan fingerprint density at radius 1 is 1.53 bits per heavy atom. The van der Waals surface area contributed by atoms with Crippen molar-refractivity contribution in [2.75, 3.05) is 19.6 Å². The molecule has 3 N–H and O–H groups in total. The van der Waals surface area contributed by atoms with Crippen LogP contribution in [0.3, 0.4) is 0 Å². The predicted molar refractivity (Wildman–Crippen MR) is 56.5 cm³/mol. The lowest BCUT2D eigenvalue weighted by Gasteiger charge is -2.22. The molecule has 2 rings (SSSR count). The van der Waals surface area contributed by atoms with E-state index in [1.165, 1.54) is 6.20 Å². The van der Waals surface area contributed by atoms with E-state index in [0.29, 0.717) is 11.5 Å². The summed E-state index contributed by atoms with van der Waals surface area (Å²) in [7, 11) is 0. The van der Waals surface area contributed by atoms with Gasteiger partial charge in [0.15, 0.2) is 0 Å². The van der Waals surface area contributed by atoms with Gasteiger partial charge in [-0.05, 0) is 31.8 Å². The predicted octanol–water partition coefficient (Wildman–Crippen LogP) is 0.139. The number of rotatable bonds is 3. The Kier molecular flexibility index (Phi) is 3.34. The molecule has 5 heteroatoms. The van der Waals surface area contributed by atoms with Crippen LogP contribution in [-0.4, -0.2) is 35.7 Å². The molecule has 82 valence electrons. The Hall–Kier alpha value is -1.36. The molecule has 0 aromatic carbocycles. The summed E-state index contributed by atoms with van der Waals surface area (Å²) in [4.78, 5) is 11.6. The lowest BCUT2D eigenvalue weighted by atomic mass is 9.98. The zero-order chi connectivity index (χ0) is 10.5. The highest BCUT2D eigenvalue weighted by Crippen LogP contribution is 2.10. The molecule has 1 aromatic heterocycles. The van der Waals surface area contributed by atoms with Crippen LogP contribution in [0.15, 0.2) is 12.4 Å². The Morgan fingerprint density at radius 3 is 3.00 bits per heavy atom. The van der Waals surface area contributed by atoms with Gasteiger partial charge in [0.05, 0.1) is 11.8 Å². The zero-order valence-corrected chi connectivity index (χ0v) is 8.62. The second-order valence-corrected chi connectivity index (χ2v) is 3.89. The van der Waals surface area contributed by atoms with Crippen LogP contribution >= 0.6 is 0 Å². The molecule has 1 aromatic rings. The van der Waals surface area contributed by atoms with E-state index < -0.39 is 0 Å². The molecule has 0 unspecified atom stereocenters. The summed E-state index contributed by atoms with van der Waals surface area (Å²) >= 11 is 0. The molecule has 1 aliphatic rings. The zero-order valence-electron chi connectivity index (χ0n) is 8.62. The van der Waals surface area contributed by atoms with Gasteiger partial charge in [0.2, 0.25) is 0 Å². The maximum absolute atomic E-state index is 11.6. The molecule has 1 amide bonds. The first-order chi connectivity index (χ1) is 7.36. The lowest BCUT2D eigenvalue weighted by Crippen LogP contribution is -2.35. The quantitative estimate of drug-likeness (QED) is 0.661. The van der Waals surface area contributed by atoms with E-state index in [4.69, 9.17) is 0 Å². The van der Waals surface area contributed by atoms with Crippen LogP contribution in [0.2, 0.25) is 0 Å². The molecular formula is C10H16N4O. The Morgan fingerprint density at radius 2 is 2.33 bits per heavy atom. The summed E-state index contributed by atoms with van der Waals surface area (Å²) in [6.45, 7) is 2.89. The summed E-state index contributed by atoms with van der Waals surface area (Å²) in [5, 5.41) is 12.6. The van der Waals surface area contributed by atoms with Gasteiger partial charge < -0.3 is 10.6 Å². The van der Waals surface area contributed by atoms with Gasteiger partial charge >= 0.3 is 0 Å². The summed E-state index contributed by atoms with van der Waals surface area (Å²) in [6.07, 6.45) is 5.44. The van der Waals surface area contributed by atoms with Crippen molar-refractivity contribution in [2.24, 2.45) is 5.92 Å². The van der Waals surface area contributed by atoms with Crippen LogP contribution < -0.4 is 10.6 Å². The fraction of sp³-hybridized carbons (Fsp3) is 0.600.